The SMILES string of the molecule is CCCCCCCCCCCCCCCCCCCCCCCCCCCCCC[Si](C)([O])O[SiH2]C. The van der Waals surface area contributed by atoms with Crippen LogP contribution in [0.15, 0.2) is 0 Å². The van der Waals surface area contributed by atoms with Gasteiger partial charge in [-0.2, -0.15) is 0 Å². The lowest BCUT2D eigenvalue weighted by Gasteiger charge is -2.17. The minimum absolute atomic E-state index is 0.517. The van der Waals surface area contributed by atoms with Crippen LogP contribution in [0, 0.1) is 0 Å². The molecule has 0 heterocycles. The van der Waals surface area contributed by atoms with E-state index in [0.717, 1.165) is 12.5 Å². The zero-order chi connectivity index (χ0) is 26.4. The molecule has 2 nitrogen and oxygen atoms in total. The first-order valence-electron chi connectivity index (χ1n) is 17.0. The van der Waals surface area contributed by atoms with Crippen molar-refractivity contribution in [3.63, 3.8) is 0 Å². The summed E-state index contributed by atoms with van der Waals surface area (Å²) in [6, 6.07) is 0.827. The molecule has 0 saturated heterocycles. The van der Waals surface area contributed by atoms with Crippen LogP contribution in [0.5, 0.6) is 0 Å². The fourth-order valence-corrected chi connectivity index (χ4v) is 9.41. The summed E-state index contributed by atoms with van der Waals surface area (Å²) in [5, 5.41) is 0. The van der Waals surface area contributed by atoms with Gasteiger partial charge in [0.25, 0.3) is 0 Å². The maximum atomic E-state index is 12.1. The van der Waals surface area contributed by atoms with Crippen LogP contribution in [0.1, 0.15) is 187 Å². The van der Waals surface area contributed by atoms with E-state index in [1.54, 1.807) is 0 Å². The Hall–Kier alpha value is 0.354. The van der Waals surface area contributed by atoms with E-state index in [-0.39, 0.29) is 0 Å². The predicted molar refractivity (Wildman–Crippen MR) is 168 cm³/mol. The van der Waals surface area contributed by atoms with Gasteiger partial charge in [0, 0.05) is 0 Å². The maximum Gasteiger partial charge on any atom is 0.360 e. The van der Waals surface area contributed by atoms with E-state index >= 15 is 0 Å². The minimum Gasteiger partial charge on any atom is -0.440 e. The summed E-state index contributed by atoms with van der Waals surface area (Å²) in [4.78, 5) is 12.1. The van der Waals surface area contributed by atoms with Crippen LogP contribution >= 0.6 is 0 Å². The van der Waals surface area contributed by atoms with Gasteiger partial charge in [0.2, 0.25) is 0 Å². The molecule has 217 valence electrons. The fourth-order valence-electron chi connectivity index (χ4n) is 5.49. The lowest BCUT2D eigenvalue weighted by atomic mass is 10.0. The molecule has 0 spiro atoms. The van der Waals surface area contributed by atoms with Gasteiger partial charge in [-0.1, -0.05) is 193 Å². The number of rotatable bonds is 31. The van der Waals surface area contributed by atoms with Crippen molar-refractivity contribution in [3.05, 3.63) is 0 Å². The summed E-state index contributed by atoms with van der Waals surface area (Å²) in [7, 11) is -3.03. The summed E-state index contributed by atoms with van der Waals surface area (Å²) in [6.07, 6.45) is 40.0. The van der Waals surface area contributed by atoms with Crippen molar-refractivity contribution >= 4 is 18.3 Å². The van der Waals surface area contributed by atoms with Crippen LogP contribution in [0.2, 0.25) is 19.1 Å². The van der Waals surface area contributed by atoms with Gasteiger partial charge in [0.05, 0.1) is 0 Å². The van der Waals surface area contributed by atoms with Gasteiger partial charge in [-0.15, -0.1) is 0 Å². The van der Waals surface area contributed by atoms with E-state index in [4.69, 9.17) is 4.12 Å². The third-order valence-corrected chi connectivity index (χ3v) is 12.8. The van der Waals surface area contributed by atoms with Crippen LogP contribution in [-0.4, -0.2) is 18.3 Å². The molecular weight excluding hydrogens is 473 g/mol. The summed E-state index contributed by atoms with van der Waals surface area (Å²) < 4.78 is 5.51. The van der Waals surface area contributed by atoms with Gasteiger partial charge >= 0.3 is 8.56 Å². The Kier molecular flexibility index (Phi) is 30.2. The molecule has 4 heteroatoms. The molecule has 36 heavy (non-hydrogen) atoms. The first kappa shape index (κ1) is 36.4. The monoisotopic (exact) mass is 541 g/mol. The van der Waals surface area contributed by atoms with Gasteiger partial charge in [-0.25, -0.2) is 0 Å². The Labute approximate surface area is 232 Å². The molecule has 0 rings (SSSR count). The second-order valence-electron chi connectivity index (χ2n) is 11.9. The fraction of sp³-hybridized carbons (Fsp3) is 1.00. The van der Waals surface area contributed by atoms with Crippen LogP contribution in [-0.2, 0) is 8.91 Å². The van der Waals surface area contributed by atoms with Crippen molar-refractivity contribution in [2.24, 2.45) is 0 Å². The lowest BCUT2D eigenvalue weighted by molar-refractivity contribution is 0.316. The largest absolute Gasteiger partial charge is 0.440 e. The molecule has 0 aliphatic rings. The topological polar surface area (TPSA) is 29.1 Å². The van der Waals surface area contributed by atoms with Crippen molar-refractivity contribution < 1.29 is 8.91 Å². The van der Waals surface area contributed by atoms with Crippen molar-refractivity contribution in [1.29, 1.82) is 0 Å². The molecule has 0 aromatic carbocycles. The molecule has 0 aliphatic carbocycles. The summed E-state index contributed by atoms with van der Waals surface area (Å²) in [5.41, 5.74) is 0. The van der Waals surface area contributed by atoms with Crippen LogP contribution in [0.25, 0.3) is 0 Å². The molecule has 0 bridgehead atoms. The quantitative estimate of drug-likeness (QED) is 0.0633. The predicted octanol–water partition coefficient (Wildman–Crippen LogP) is 11.6. The highest BCUT2D eigenvalue weighted by molar-refractivity contribution is 6.68. The molecule has 0 aliphatic heterocycles. The molecule has 0 saturated carbocycles. The number of unbranched alkanes of at least 4 members (excludes halogenated alkanes) is 27. The van der Waals surface area contributed by atoms with Gasteiger partial charge in [-0.3, -0.25) is 4.80 Å². The Bertz CT molecular complexity index is 404. The van der Waals surface area contributed by atoms with E-state index in [2.05, 4.69) is 13.5 Å². The Balaban J connectivity index is 3.08. The molecule has 0 aromatic rings. The Morgan fingerprint density at radius 2 is 0.667 bits per heavy atom. The first-order chi connectivity index (χ1) is 17.6. The van der Waals surface area contributed by atoms with Crippen molar-refractivity contribution in [2.75, 3.05) is 0 Å². The van der Waals surface area contributed by atoms with Crippen molar-refractivity contribution in [1.82, 2.24) is 0 Å². The molecule has 0 N–H and O–H groups in total. The molecule has 1 atom stereocenters. The normalized spacial score (nSPS) is 13.7. The van der Waals surface area contributed by atoms with E-state index < -0.39 is 18.3 Å². The Morgan fingerprint density at radius 1 is 0.444 bits per heavy atom. The van der Waals surface area contributed by atoms with Gasteiger partial charge in [0.15, 0.2) is 0 Å². The highest BCUT2D eigenvalue weighted by Crippen LogP contribution is 2.18. The van der Waals surface area contributed by atoms with Crippen molar-refractivity contribution in [3.8, 4) is 0 Å². The number of hydrogen-bond acceptors (Lipinski definition) is 1. The highest BCUT2D eigenvalue weighted by Gasteiger charge is 2.27. The van der Waals surface area contributed by atoms with E-state index in [1.807, 2.05) is 6.55 Å². The second-order valence-corrected chi connectivity index (χ2v) is 16.4. The molecular formula is C32H69O2Si2. The molecule has 0 fully saturated rings. The average Bonchev–Trinajstić information content (AvgIpc) is 2.85. The van der Waals surface area contributed by atoms with Crippen LogP contribution < -0.4 is 0 Å². The lowest BCUT2D eigenvalue weighted by Crippen LogP contribution is -2.33. The zero-order valence-corrected chi connectivity index (χ0v) is 27.9. The summed E-state index contributed by atoms with van der Waals surface area (Å²) >= 11 is 0. The standard InChI is InChI=1S/C32H69O2Si2/c1-4-5-6-7-8-9-10-11-12-13-14-15-16-17-18-19-20-21-22-23-24-25-26-27-28-29-30-31-32-36(3,33)34-35-2/h4-32,35H2,1-3H3. The first-order valence-corrected chi connectivity index (χ1v) is 21.5. The maximum absolute atomic E-state index is 12.1. The van der Waals surface area contributed by atoms with E-state index in [0.29, 0.717) is 0 Å². The van der Waals surface area contributed by atoms with Gasteiger partial charge in [-0.05, 0) is 12.6 Å². The Morgan fingerprint density at radius 3 is 0.889 bits per heavy atom. The third-order valence-electron chi connectivity index (χ3n) is 7.93. The smallest absolute Gasteiger partial charge is 0.360 e. The van der Waals surface area contributed by atoms with E-state index in [1.165, 1.54) is 173 Å². The van der Waals surface area contributed by atoms with Crippen LogP contribution in [0.3, 0.4) is 0 Å². The van der Waals surface area contributed by atoms with Gasteiger partial charge in [0.1, 0.15) is 9.76 Å². The summed E-state index contributed by atoms with van der Waals surface area (Å²) in [6.45, 7) is 6.23. The minimum atomic E-state index is -2.51. The zero-order valence-electron chi connectivity index (χ0n) is 25.5. The second kappa shape index (κ2) is 29.9. The molecule has 0 amide bonds. The molecule has 0 aromatic heterocycles. The summed E-state index contributed by atoms with van der Waals surface area (Å²) in [5.74, 6) is 0. The number of hydrogen-bond donors (Lipinski definition) is 0. The molecule has 1 radical (unpaired) electrons. The third kappa shape index (κ3) is 30.6. The van der Waals surface area contributed by atoms with Crippen LogP contribution in [0.4, 0.5) is 0 Å². The van der Waals surface area contributed by atoms with Gasteiger partial charge < -0.3 is 4.12 Å². The molecule has 1 unspecified atom stereocenters. The average molecular weight is 542 g/mol. The van der Waals surface area contributed by atoms with E-state index in [9.17, 15) is 4.80 Å². The van der Waals surface area contributed by atoms with Crippen molar-refractivity contribution in [2.45, 2.75) is 206 Å². The highest BCUT2D eigenvalue weighted by atomic mass is 28.4.